The van der Waals surface area contributed by atoms with Gasteiger partial charge < -0.3 is 10.0 Å². The molecule has 0 bridgehead atoms. The number of β-amino-alcohol motifs (C(OH)–C–C–N with tert-alkyl or cyclic N) is 1. The molecule has 1 rings (SSSR count). The lowest BCUT2D eigenvalue weighted by molar-refractivity contribution is -0.131. The van der Waals surface area contributed by atoms with Crippen LogP contribution in [0.5, 0.6) is 0 Å². The lowest BCUT2D eigenvalue weighted by Crippen LogP contribution is -2.30. The van der Waals surface area contributed by atoms with Gasteiger partial charge in [0.1, 0.15) is 12.3 Å². The van der Waals surface area contributed by atoms with Crippen LogP contribution in [0, 0.1) is 5.92 Å². The first kappa shape index (κ1) is 10.4. The van der Waals surface area contributed by atoms with Crippen LogP contribution in [0.2, 0.25) is 0 Å². The second kappa shape index (κ2) is 4.05. The summed E-state index contributed by atoms with van der Waals surface area (Å²) in [7, 11) is 0. The molecule has 1 saturated heterocycles. The summed E-state index contributed by atoms with van der Waals surface area (Å²) in [6, 6.07) is 0. The predicted octanol–water partition coefficient (Wildman–Crippen LogP) is 0.574. The Bertz CT molecular complexity index is 186. The molecule has 0 aromatic carbocycles. The van der Waals surface area contributed by atoms with Crippen LogP contribution in [-0.4, -0.2) is 41.3 Å². The van der Waals surface area contributed by atoms with E-state index in [2.05, 4.69) is 0 Å². The van der Waals surface area contributed by atoms with E-state index in [9.17, 15) is 9.18 Å². The van der Waals surface area contributed by atoms with E-state index in [0.717, 1.165) is 0 Å². The van der Waals surface area contributed by atoms with Gasteiger partial charge in [-0.25, -0.2) is 4.39 Å². The molecular formula is C9H16FNO2. The third-order valence-corrected chi connectivity index (χ3v) is 2.16. The van der Waals surface area contributed by atoms with Crippen molar-refractivity contribution in [3.63, 3.8) is 0 Å². The summed E-state index contributed by atoms with van der Waals surface area (Å²) in [6.07, 6.45) is -1.83. The van der Waals surface area contributed by atoms with Gasteiger partial charge in [0.15, 0.2) is 0 Å². The monoisotopic (exact) mass is 189 g/mol. The van der Waals surface area contributed by atoms with Crippen molar-refractivity contribution in [1.29, 1.82) is 0 Å². The van der Waals surface area contributed by atoms with Crippen molar-refractivity contribution in [2.75, 3.05) is 13.1 Å². The number of hydrogen-bond acceptors (Lipinski definition) is 2. The number of aliphatic hydroxyl groups is 1. The van der Waals surface area contributed by atoms with E-state index >= 15 is 0 Å². The summed E-state index contributed by atoms with van der Waals surface area (Å²) in [5, 5.41) is 9.08. The first-order valence-corrected chi connectivity index (χ1v) is 4.60. The van der Waals surface area contributed by atoms with Gasteiger partial charge in [-0.1, -0.05) is 13.8 Å². The van der Waals surface area contributed by atoms with Crippen LogP contribution >= 0.6 is 0 Å². The van der Waals surface area contributed by atoms with E-state index in [4.69, 9.17) is 5.11 Å². The van der Waals surface area contributed by atoms with Crippen LogP contribution in [0.15, 0.2) is 0 Å². The third-order valence-electron chi connectivity index (χ3n) is 2.16. The van der Waals surface area contributed by atoms with Crippen LogP contribution in [0.3, 0.4) is 0 Å². The highest BCUT2D eigenvalue weighted by molar-refractivity contribution is 5.76. The molecule has 1 amide bonds. The molecule has 0 aromatic heterocycles. The third kappa shape index (κ3) is 2.66. The molecule has 1 aliphatic rings. The van der Waals surface area contributed by atoms with Gasteiger partial charge in [-0.3, -0.25) is 4.79 Å². The summed E-state index contributed by atoms with van der Waals surface area (Å²) in [6.45, 7) is 4.08. The number of alkyl halides is 1. The Labute approximate surface area is 77.5 Å². The standard InChI is InChI=1S/C9H16FNO2/c1-6(2)3-9(13)11-4-7(10)8(12)5-11/h6-8,12H,3-5H2,1-2H3. The second-order valence-electron chi connectivity index (χ2n) is 3.98. The molecule has 1 fully saturated rings. The van der Waals surface area contributed by atoms with E-state index in [-0.39, 0.29) is 24.9 Å². The highest BCUT2D eigenvalue weighted by atomic mass is 19.1. The predicted molar refractivity (Wildman–Crippen MR) is 46.9 cm³/mol. The molecule has 1 aliphatic heterocycles. The molecule has 1 heterocycles. The van der Waals surface area contributed by atoms with Crippen LogP contribution < -0.4 is 0 Å². The number of amides is 1. The van der Waals surface area contributed by atoms with Crippen molar-refractivity contribution < 1.29 is 14.3 Å². The molecular weight excluding hydrogens is 173 g/mol. The number of rotatable bonds is 2. The summed E-state index contributed by atoms with van der Waals surface area (Å²) < 4.78 is 12.8. The maximum Gasteiger partial charge on any atom is 0.223 e. The quantitative estimate of drug-likeness (QED) is 0.690. The Morgan fingerprint density at radius 3 is 2.62 bits per heavy atom. The van der Waals surface area contributed by atoms with Crippen LogP contribution in [0.1, 0.15) is 20.3 Å². The van der Waals surface area contributed by atoms with E-state index < -0.39 is 12.3 Å². The Morgan fingerprint density at radius 2 is 2.23 bits per heavy atom. The fourth-order valence-corrected chi connectivity index (χ4v) is 1.43. The van der Waals surface area contributed by atoms with E-state index in [1.165, 1.54) is 4.90 Å². The molecule has 2 unspecified atom stereocenters. The summed E-state index contributed by atoms with van der Waals surface area (Å²) in [5.74, 6) is 0.220. The van der Waals surface area contributed by atoms with Crippen molar-refractivity contribution in [3.05, 3.63) is 0 Å². The summed E-state index contributed by atoms with van der Waals surface area (Å²) >= 11 is 0. The van der Waals surface area contributed by atoms with Crippen molar-refractivity contribution in [3.8, 4) is 0 Å². The van der Waals surface area contributed by atoms with Crippen molar-refractivity contribution in [1.82, 2.24) is 4.90 Å². The SMILES string of the molecule is CC(C)CC(=O)N1CC(O)C(F)C1. The fourth-order valence-electron chi connectivity index (χ4n) is 1.43. The Morgan fingerprint density at radius 1 is 1.62 bits per heavy atom. The smallest absolute Gasteiger partial charge is 0.223 e. The zero-order valence-electron chi connectivity index (χ0n) is 8.03. The second-order valence-corrected chi connectivity index (χ2v) is 3.98. The minimum atomic E-state index is -1.27. The topological polar surface area (TPSA) is 40.5 Å². The van der Waals surface area contributed by atoms with Crippen LogP contribution in [-0.2, 0) is 4.79 Å². The number of nitrogens with zero attached hydrogens (tertiary/aromatic N) is 1. The molecule has 0 saturated carbocycles. The van der Waals surface area contributed by atoms with E-state index in [0.29, 0.717) is 6.42 Å². The number of halogens is 1. The number of likely N-dealkylation sites (tertiary alicyclic amines) is 1. The van der Waals surface area contributed by atoms with Gasteiger partial charge in [0, 0.05) is 13.0 Å². The maximum atomic E-state index is 12.8. The molecule has 0 spiro atoms. The highest BCUT2D eigenvalue weighted by Gasteiger charge is 2.33. The molecule has 0 aromatic rings. The van der Waals surface area contributed by atoms with Gasteiger partial charge in [-0.2, -0.15) is 0 Å². The zero-order valence-corrected chi connectivity index (χ0v) is 8.03. The van der Waals surface area contributed by atoms with Crippen molar-refractivity contribution >= 4 is 5.91 Å². The zero-order chi connectivity index (χ0) is 10.0. The lowest BCUT2D eigenvalue weighted by Gasteiger charge is -2.16. The Hall–Kier alpha value is -0.640. The molecule has 1 N–H and O–H groups in total. The van der Waals surface area contributed by atoms with Gasteiger partial charge in [-0.05, 0) is 5.92 Å². The minimum Gasteiger partial charge on any atom is -0.388 e. The van der Waals surface area contributed by atoms with Gasteiger partial charge >= 0.3 is 0 Å². The Kier molecular flexibility index (Phi) is 3.25. The molecule has 0 radical (unpaired) electrons. The van der Waals surface area contributed by atoms with Crippen molar-refractivity contribution in [2.24, 2.45) is 5.92 Å². The first-order chi connectivity index (χ1) is 6.00. The molecule has 4 heteroatoms. The molecule has 13 heavy (non-hydrogen) atoms. The summed E-state index contributed by atoms with van der Waals surface area (Å²) in [5.41, 5.74) is 0. The highest BCUT2D eigenvalue weighted by Crippen LogP contribution is 2.15. The van der Waals surface area contributed by atoms with Crippen LogP contribution in [0.4, 0.5) is 4.39 Å². The summed E-state index contributed by atoms with van der Waals surface area (Å²) in [4.78, 5) is 12.8. The van der Waals surface area contributed by atoms with Gasteiger partial charge in [0.05, 0.1) is 6.54 Å². The first-order valence-electron chi connectivity index (χ1n) is 4.60. The lowest BCUT2D eigenvalue weighted by atomic mass is 10.1. The fraction of sp³-hybridized carbons (Fsp3) is 0.889. The number of carbonyl (C=O) groups excluding carboxylic acids is 1. The van der Waals surface area contributed by atoms with Crippen LogP contribution in [0.25, 0.3) is 0 Å². The van der Waals surface area contributed by atoms with E-state index in [1.807, 2.05) is 13.8 Å². The maximum absolute atomic E-state index is 12.8. The minimum absolute atomic E-state index is 0.0483. The molecule has 2 atom stereocenters. The molecule has 0 aliphatic carbocycles. The molecule has 76 valence electrons. The molecule has 3 nitrogen and oxygen atoms in total. The number of aliphatic hydroxyl groups excluding tert-OH is 1. The average Bonchev–Trinajstić information content (AvgIpc) is 2.31. The normalized spacial score (nSPS) is 28.5. The largest absolute Gasteiger partial charge is 0.388 e. The Balaban J connectivity index is 2.42. The number of hydrogen-bond donors (Lipinski definition) is 1. The number of carbonyl (C=O) groups is 1. The van der Waals surface area contributed by atoms with Crippen molar-refractivity contribution in [2.45, 2.75) is 32.5 Å². The van der Waals surface area contributed by atoms with Gasteiger partial charge in [-0.15, -0.1) is 0 Å². The average molecular weight is 189 g/mol. The van der Waals surface area contributed by atoms with Gasteiger partial charge in [0.2, 0.25) is 5.91 Å². The van der Waals surface area contributed by atoms with Gasteiger partial charge in [0.25, 0.3) is 0 Å². The van der Waals surface area contributed by atoms with E-state index in [1.54, 1.807) is 0 Å².